The van der Waals surface area contributed by atoms with Gasteiger partial charge in [0.1, 0.15) is 0 Å². The molecule has 107 valence electrons. The third kappa shape index (κ3) is 5.02. The maximum atomic E-state index is 10.8. The molecule has 0 unspecified atom stereocenters. The van der Waals surface area contributed by atoms with Crippen molar-refractivity contribution in [2.24, 2.45) is 2.94 Å². The normalized spacial score (nSPS) is 13.7. The van der Waals surface area contributed by atoms with Gasteiger partial charge in [-0.2, -0.15) is 0 Å². The molecule has 0 spiro atoms. The Morgan fingerprint density at radius 1 is 0.889 bits per heavy atom. The van der Waals surface area contributed by atoms with Gasteiger partial charge in [0.05, 0.1) is 0 Å². The molecule has 0 aliphatic heterocycles. The summed E-state index contributed by atoms with van der Waals surface area (Å²) in [7, 11) is 0. The van der Waals surface area contributed by atoms with Crippen molar-refractivity contribution in [1.82, 2.24) is 0 Å². The van der Waals surface area contributed by atoms with E-state index in [-0.39, 0.29) is 0 Å². The summed E-state index contributed by atoms with van der Waals surface area (Å²) in [5.41, 5.74) is 0. The number of rotatable bonds is 11. The summed E-state index contributed by atoms with van der Waals surface area (Å²) in [6, 6.07) is 0. The Balaban J connectivity index is 5.24. The summed E-state index contributed by atoms with van der Waals surface area (Å²) in [6.07, 6.45) is 4.13. The van der Waals surface area contributed by atoms with E-state index in [0.717, 1.165) is 19.3 Å². The summed E-state index contributed by atoms with van der Waals surface area (Å²) in [4.78, 5) is 10.8. The van der Waals surface area contributed by atoms with Crippen LogP contribution in [0, 0.1) is 0 Å². The van der Waals surface area contributed by atoms with Gasteiger partial charge in [0.15, 0.2) is 0 Å². The molecule has 0 bridgehead atoms. The van der Waals surface area contributed by atoms with Crippen LogP contribution in [-0.2, 0) is 33.6 Å². The molecule has 0 heterocycles. The molecule has 0 aliphatic rings. The second-order valence-corrected chi connectivity index (χ2v) is 14.1. The van der Waals surface area contributed by atoms with Crippen molar-refractivity contribution < 1.29 is 33.6 Å². The van der Waals surface area contributed by atoms with E-state index in [1.54, 1.807) is 6.08 Å². The van der Waals surface area contributed by atoms with Crippen LogP contribution >= 0.6 is 0 Å². The minimum atomic E-state index is -4.67. The molecule has 0 saturated carbocycles. The van der Waals surface area contributed by atoms with Gasteiger partial charge in [0.2, 0.25) is 0 Å². The van der Waals surface area contributed by atoms with Gasteiger partial charge in [-0.3, -0.25) is 0 Å². The van der Waals surface area contributed by atoms with Gasteiger partial charge in [-0.15, -0.1) is 0 Å². The molecule has 0 rings (SSSR count). The SMILES string of the molecule is CCC[O][Zr]([CH2]C)([N]=C=O)([O]CCC)[O]CCC. The fourth-order valence-electron chi connectivity index (χ4n) is 1.60. The summed E-state index contributed by atoms with van der Waals surface area (Å²) >= 11 is -4.67. The molecule has 18 heavy (non-hydrogen) atoms. The van der Waals surface area contributed by atoms with E-state index in [9.17, 15) is 4.79 Å². The Morgan fingerprint density at radius 3 is 1.50 bits per heavy atom. The third-order valence-corrected chi connectivity index (χ3v) is 12.5. The van der Waals surface area contributed by atoms with E-state index < -0.39 is 20.4 Å². The van der Waals surface area contributed by atoms with Gasteiger partial charge in [-0.25, -0.2) is 0 Å². The van der Waals surface area contributed by atoms with Crippen molar-refractivity contribution >= 4 is 6.08 Å². The van der Waals surface area contributed by atoms with Crippen LogP contribution in [0.2, 0.25) is 4.13 Å². The van der Waals surface area contributed by atoms with Gasteiger partial charge in [0.25, 0.3) is 0 Å². The fraction of sp³-hybridized carbons (Fsp3) is 0.917. The average molecular weight is 340 g/mol. The van der Waals surface area contributed by atoms with E-state index >= 15 is 0 Å². The Bertz CT molecular complexity index is 255. The quantitative estimate of drug-likeness (QED) is 0.428. The number of nitrogens with zero attached hydrogens (tertiary/aromatic N) is 1. The van der Waals surface area contributed by atoms with Crippen molar-refractivity contribution in [3.8, 4) is 0 Å². The van der Waals surface area contributed by atoms with Crippen LogP contribution < -0.4 is 0 Å². The zero-order chi connectivity index (χ0) is 13.9. The van der Waals surface area contributed by atoms with Crippen molar-refractivity contribution in [3.05, 3.63) is 0 Å². The number of hydrogen-bond acceptors (Lipinski definition) is 5. The van der Waals surface area contributed by atoms with Crippen LogP contribution in [0.4, 0.5) is 0 Å². The number of isocyanates is 1. The molecule has 0 N–H and O–H groups in total. The monoisotopic (exact) mass is 338 g/mol. The van der Waals surface area contributed by atoms with E-state index in [0.29, 0.717) is 23.9 Å². The molecule has 0 aromatic carbocycles. The van der Waals surface area contributed by atoms with Gasteiger partial charge in [-0.05, 0) is 0 Å². The molecule has 0 amide bonds. The third-order valence-electron chi connectivity index (χ3n) is 2.62. The first-order valence-corrected chi connectivity index (χ1v) is 12.7. The van der Waals surface area contributed by atoms with Crippen LogP contribution in [0.25, 0.3) is 0 Å². The van der Waals surface area contributed by atoms with Crippen molar-refractivity contribution in [2.45, 2.75) is 51.1 Å². The first kappa shape index (κ1) is 18.1. The first-order chi connectivity index (χ1) is 8.62. The number of hydrogen-bond donors (Lipinski definition) is 0. The van der Waals surface area contributed by atoms with E-state index in [2.05, 4.69) is 2.94 Å². The van der Waals surface area contributed by atoms with Gasteiger partial charge < -0.3 is 0 Å². The molecule has 0 saturated heterocycles. The minimum absolute atomic E-state index is 0.498. The van der Waals surface area contributed by atoms with Crippen molar-refractivity contribution in [2.75, 3.05) is 19.8 Å². The molecule has 6 heteroatoms. The van der Waals surface area contributed by atoms with E-state index in [1.165, 1.54) is 0 Å². The molecular formula is C12H26NO4Zr. The van der Waals surface area contributed by atoms with Crippen molar-refractivity contribution in [3.63, 3.8) is 0 Å². The zero-order valence-electron chi connectivity index (χ0n) is 12.0. The standard InChI is InChI=1S/3C3H7O.C2H5.CNO.Zr/c3*1-2-3-4;1-2;2-1-3;/h3*2-3H2,1H3;1H2,2H3;;/q3*-1;;-1;+4. The second kappa shape index (κ2) is 9.11. The summed E-state index contributed by atoms with van der Waals surface area (Å²) in [5, 5.41) is 0. The predicted octanol–water partition coefficient (Wildman–Crippen LogP) is 3.39. The van der Waals surface area contributed by atoms with Crippen LogP contribution in [-0.4, -0.2) is 25.9 Å². The summed E-state index contributed by atoms with van der Waals surface area (Å²) in [6.45, 7) is 9.42. The Hall–Kier alpha value is 0.143. The first-order valence-electron chi connectivity index (χ1n) is 6.81. The topological polar surface area (TPSA) is 57.1 Å². The van der Waals surface area contributed by atoms with Gasteiger partial charge in [-0.1, -0.05) is 0 Å². The molecule has 0 fully saturated rings. The zero-order valence-corrected chi connectivity index (χ0v) is 14.5. The molecule has 0 atom stereocenters. The van der Waals surface area contributed by atoms with Crippen LogP contribution in [0.3, 0.4) is 0 Å². The molecule has 0 aromatic rings. The fourth-order valence-corrected chi connectivity index (χ4v) is 9.49. The number of carbonyl (C=O) groups excluding carboxylic acids is 1. The van der Waals surface area contributed by atoms with Gasteiger partial charge in [0, 0.05) is 0 Å². The summed E-state index contributed by atoms with van der Waals surface area (Å²) < 4.78 is 22.2. The maximum absolute atomic E-state index is 10.8. The van der Waals surface area contributed by atoms with Crippen LogP contribution in [0.15, 0.2) is 2.94 Å². The molecule has 0 aliphatic carbocycles. The molecule has 0 radical (unpaired) electrons. The van der Waals surface area contributed by atoms with Crippen LogP contribution in [0.5, 0.6) is 0 Å². The van der Waals surface area contributed by atoms with Gasteiger partial charge >= 0.3 is 114 Å². The predicted molar refractivity (Wildman–Crippen MR) is 67.3 cm³/mol. The second-order valence-electron chi connectivity index (χ2n) is 4.22. The summed E-state index contributed by atoms with van der Waals surface area (Å²) in [5.74, 6) is 0. The Labute approximate surface area is 113 Å². The van der Waals surface area contributed by atoms with Crippen LogP contribution in [0.1, 0.15) is 47.0 Å². The van der Waals surface area contributed by atoms with E-state index in [1.807, 2.05) is 27.7 Å². The molecule has 5 nitrogen and oxygen atoms in total. The van der Waals surface area contributed by atoms with Crippen molar-refractivity contribution in [1.29, 1.82) is 0 Å². The molecule has 0 aromatic heterocycles. The van der Waals surface area contributed by atoms with E-state index in [4.69, 9.17) is 8.44 Å². The average Bonchev–Trinajstić information content (AvgIpc) is 2.41. The Kier molecular flexibility index (Phi) is 9.18. The Morgan fingerprint density at radius 2 is 1.28 bits per heavy atom. The molecular weight excluding hydrogens is 313 g/mol.